The Hall–Kier alpha value is -2.67. The Kier molecular flexibility index (Phi) is 6.51. The minimum atomic E-state index is -1.16. The molecular weight excluding hydrogens is 328 g/mol. The highest BCUT2D eigenvalue weighted by molar-refractivity contribution is 7.85. The molecule has 0 radical (unpaired) electrons. The van der Waals surface area contributed by atoms with Gasteiger partial charge < -0.3 is 15.8 Å². The Morgan fingerprint density at radius 2 is 1.83 bits per heavy atom. The number of carbonyl (C=O) groups is 2. The fourth-order valence-corrected chi connectivity index (χ4v) is 2.90. The lowest BCUT2D eigenvalue weighted by atomic mass is 10.2. The van der Waals surface area contributed by atoms with E-state index in [1.165, 1.54) is 6.07 Å². The maximum atomic E-state index is 12.0. The van der Waals surface area contributed by atoms with Crippen LogP contribution in [0.15, 0.2) is 59.5 Å². The average Bonchev–Trinajstić information content (AvgIpc) is 2.61. The molecule has 6 nitrogen and oxygen atoms in total. The normalized spacial score (nSPS) is 11.5. The van der Waals surface area contributed by atoms with Gasteiger partial charge in [-0.25, -0.2) is 0 Å². The number of benzene rings is 2. The van der Waals surface area contributed by atoms with E-state index in [9.17, 15) is 13.8 Å². The van der Waals surface area contributed by atoms with Gasteiger partial charge in [-0.3, -0.25) is 13.8 Å². The van der Waals surface area contributed by atoms with Crippen LogP contribution in [0, 0.1) is 0 Å². The second-order valence-corrected chi connectivity index (χ2v) is 6.46. The van der Waals surface area contributed by atoms with Gasteiger partial charge in [-0.1, -0.05) is 24.3 Å². The lowest BCUT2D eigenvalue weighted by molar-refractivity contribution is -0.122. The first-order chi connectivity index (χ1) is 11.6. The number of rotatable bonds is 8. The SMILES string of the molecule is NC(=O)c1cccc(OCC(=O)NCC[S@@](=O)c2ccccc2)c1. The van der Waals surface area contributed by atoms with E-state index < -0.39 is 16.7 Å². The summed E-state index contributed by atoms with van der Waals surface area (Å²) in [5.41, 5.74) is 5.49. The molecule has 1 atom stereocenters. The highest BCUT2D eigenvalue weighted by Crippen LogP contribution is 2.12. The zero-order valence-electron chi connectivity index (χ0n) is 12.9. The molecule has 2 rings (SSSR count). The zero-order valence-corrected chi connectivity index (χ0v) is 13.8. The molecule has 2 aromatic carbocycles. The number of hydrogen-bond donors (Lipinski definition) is 2. The van der Waals surface area contributed by atoms with Crippen LogP contribution >= 0.6 is 0 Å². The number of carbonyl (C=O) groups excluding carboxylic acids is 2. The fraction of sp³-hybridized carbons (Fsp3) is 0.176. The van der Waals surface area contributed by atoms with Gasteiger partial charge in [-0.2, -0.15) is 0 Å². The van der Waals surface area contributed by atoms with E-state index in [4.69, 9.17) is 10.5 Å². The lowest BCUT2D eigenvalue weighted by Crippen LogP contribution is -2.32. The number of ether oxygens (including phenoxy) is 1. The van der Waals surface area contributed by atoms with E-state index in [2.05, 4.69) is 5.32 Å². The second kappa shape index (κ2) is 8.83. The van der Waals surface area contributed by atoms with Gasteiger partial charge in [0.25, 0.3) is 5.91 Å². The maximum absolute atomic E-state index is 12.0. The molecule has 0 spiro atoms. The fourth-order valence-electron chi connectivity index (χ4n) is 1.91. The second-order valence-electron chi connectivity index (χ2n) is 4.89. The van der Waals surface area contributed by atoms with Gasteiger partial charge in [-0.05, 0) is 30.3 Å². The standard InChI is InChI=1S/C17H18N2O4S/c18-17(21)13-5-4-6-14(11-13)23-12-16(20)19-9-10-24(22)15-7-2-1-3-8-15/h1-8,11H,9-10,12H2,(H2,18,21)(H,19,20)/t24-/m1/s1. The van der Waals surface area contributed by atoms with Crippen molar-refractivity contribution in [2.75, 3.05) is 18.9 Å². The minimum absolute atomic E-state index is 0.194. The van der Waals surface area contributed by atoms with Crippen molar-refractivity contribution in [3.05, 3.63) is 60.2 Å². The van der Waals surface area contributed by atoms with Crippen molar-refractivity contribution in [1.29, 1.82) is 0 Å². The monoisotopic (exact) mass is 346 g/mol. The van der Waals surface area contributed by atoms with E-state index in [1.807, 2.05) is 18.2 Å². The summed E-state index contributed by atoms with van der Waals surface area (Å²) in [5.74, 6) is -0.181. The summed E-state index contributed by atoms with van der Waals surface area (Å²) in [6.45, 7) is 0.0885. The number of nitrogens with one attached hydrogen (secondary N) is 1. The zero-order chi connectivity index (χ0) is 17.4. The molecule has 126 valence electrons. The first-order valence-electron chi connectivity index (χ1n) is 7.29. The van der Waals surface area contributed by atoms with Crippen molar-refractivity contribution in [3.8, 4) is 5.75 Å². The summed E-state index contributed by atoms with van der Waals surface area (Å²) in [5, 5.41) is 2.64. The molecule has 2 amide bonds. The van der Waals surface area contributed by atoms with Crippen molar-refractivity contribution >= 4 is 22.6 Å². The van der Waals surface area contributed by atoms with Gasteiger partial charge in [0, 0.05) is 22.8 Å². The first-order valence-corrected chi connectivity index (χ1v) is 8.61. The van der Waals surface area contributed by atoms with Crippen molar-refractivity contribution < 1.29 is 18.5 Å². The molecule has 0 bridgehead atoms. The summed E-state index contributed by atoms with van der Waals surface area (Å²) in [4.78, 5) is 23.5. The van der Waals surface area contributed by atoms with Crippen LogP contribution in [0.2, 0.25) is 0 Å². The molecule has 2 aromatic rings. The third-order valence-corrected chi connectivity index (χ3v) is 4.48. The molecule has 0 aromatic heterocycles. The maximum Gasteiger partial charge on any atom is 0.257 e. The third kappa shape index (κ3) is 5.51. The Morgan fingerprint density at radius 3 is 2.54 bits per heavy atom. The predicted octanol–water partition coefficient (Wildman–Crippen LogP) is 1.09. The van der Waals surface area contributed by atoms with Crippen molar-refractivity contribution in [3.63, 3.8) is 0 Å². The number of nitrogens with two attached hydrogens (primary N) is 1. The van der Waals surface area contributed by atoms with E-state index in [-0.39, 0.29) is 19.1 Å². The van der Waals surface area contributed by atoms with Crippen LogP contribution in [0.5, 0.6) is 5.75 Å². The highest BCUT2D eigenvalue weighted by Gasteiger charge is 2.07. The molecule has 0 fully saturated rings. The molecule has 0 saturated heterocycles. The third-order valence-electron chi connectivity index (χ3n) is 3.10. The van der Waals surface area contributed by atoms with E-state index in [0.29, 0.717) is 17.1 Å². The highest BCUT2D eigenvalue weighted by atomic mass is 32.2. The Labute approximate surface area is 142 Å². The molecule has 0 aliphatic heterocycles. The molecule has 0 aliphatic carbocycles. The Morgan fingerprint density at radius 1 is 1.08 bits per heavy atom. The molecule has 0 aliphatic rings. The number of primary amides is 1. The minimum Gasteiger partial charge on any atom is -0.484 e. The largest absolute Gasteiger partial charge is 0.484 e. The van der Waals surface area contributed by atoms with Crippen molar-refractivity contribution in [2.45, 2.75) is 4.90 Å². The van der Waals surface area contributed by atoms with E-state index >= 15 is 0 Å². The van der Waals surface area contributed by atoms with Gasteiger partial charge in [0.2, 0.25) is 5.91 Å². The van der Waals surface area contributed by atoms with Crippen LogP contribution in [-0.4, -0.2) is 34.9 Å². The molecule has 0 saturated carbocycles. The van der Waals surface area contributed by atoms with Crippen LogP contribution in [0.1, 0.15) is 10.4 Å². The van der Waals surface area contributed by atoms with Crippen molar-refractivity contribution in [2.24, 2.45) is 5.73 Å². The van der Waals surface area contributed by atoms with Crippen LogP contribution in [0.3, 0.4) is 0 Å². The number of hydrogen-bond acceptors (Lipinski definition) is 4. The molecular formula is C17H18N2O4S. The first kappa shape index (κ1) is 17.7. The average molecular weight is 346 g/mol. The molecule has 0 unspecified atom stereocenters. The Bertz CT molecular complexity index is 734. The Balaban J connectivity index is 1.73. The quantitative estimate of drug-likeness (QED) is 0.747. The van der Waals surface area contributed by atoms with E-state index in [1.54, 1.807) is 30.3 Å². The van der Waals surface area contributed by atoms with Gasteiger partial charge in [0.15, 0.2) is 6.61 Å². The topological polar surface area (TPSA) is 98.5 Å². The summed E-state index contributed by atoms with van der Waals surface area (Å²) in [6, 6.07) is 15.3. The number of amides is 2. The lowest BCUT2D eigenvalue weighted by Gasteiger charge is -2.08. The van der Waals surface area contributed by atoms with Crippen LogP contribution in [0.25, 0.3) is 0 Å². The predicted molar refractivity (Wildman–Crippen MR) is 91.2 cm³/mol. The molecule has 24 heavy (non-hydrogen) atoms. The van der Waals surface area contributed by atoms with Crippen LogP contribution < -0.4 is 15.8 Å². The summed E-state index contributed by atoms with van der Waals surface area (Å²) < 4.78 is 17.3. The molecule has 3 N–H and O–H groups in total. The summed E-state index contributed by atoms with van der Waals surface area (Å²) in [6.07, 6.45) is 0. The van der Waals surface area contributed by atoms with Gasteiger partial charge in [0.05, 0.1) is 10.8 Å². The molecule has 0 heterocycles. The van der Waals surface area contributed by atoms with Gasteiger partial charge >= 0.3 is 0 Å². The summed E-state index contributed by atoms with van der Waals surface area (Å²) >= 11 is 0. The van der Waals surface area contributed by atoms with Crippen molar-refractivity contribution in [1.82, 2.24) is 5.32 Å². The molecule has 7 heteroatoms. The van der Waals surface area contributed by atoms with Crippen LogP contribution in [-0.2, 0) is 15.6 Å². The smallest absolute Gasteiger partial charge is 0.257 e. The van der Waals surface area contributed by atoms with Gasteiger partial charge in [0.1, 0.15) is 5.75 Å². The van der Waals surface area contributed by atoms with Crippen LogP contribution in [0.4, 0.5) is 0 Å². The van der Waals surface area contributed by atoms with E-state index in [0.717, 1.165) is 4.90 Å². The van der Waals surface area contributed by atoms with Gasteiger partial charge in [-0.15, -0.1) is 0 Å². The summed E-state index contributed by atoms with van der Waals surface area (Å²) in [7, 11) is -1.16.